The van der Waals surface area contributed by atoms with Crippen molar-refractivity contribution in [1.29, 1.82) is 0 Å². The molecule has 44 heavy (non-hydrogen) atoms. The number of fused-ring (bicyclic) bond motifs is 2. The van der Waals surface area contributed by atoms with Crippen molar-refractivity contribution < 1.29 is 33.0 Å². The number of carbonyl (C=O) groups is 3. The molecule has 5 aromatic carbocycles. The number of amides is 2. The van der Waals surface area contributed by atoms with E-state index in [4.69, 9.17) is 14.2 Å². The molecule has 0 radical (unpaired) electrons. The molecule has 0 saturated heterocycles. The van der Waals surface area contributed by atoms with Gasteiger partial charge >= 0.3 is 5.97 Å². The Morgan fingerprint density at radius 3 is 1.66 bits per heavy atom. The Kier molecular flexibility index (Phi) is 8.06. The van der Waals surface area contributed by atoms with Gasteiger partial charge in [-0.05, 0) is 35.7 Å². The second kappa shape index (κ2) is 12.4. The van der Waals surface area contributed by atoms with Gasteiger partial charge in [0.05, 0.1) is 29.8 Å². The van der Waals surface area contributed by atoms with Crippen LogP contribution in [0.4, 0.5) is 10.1 Å². The predicted octanol–water partition coefficient (Wildman–Crippen LogP) is 7.04. The SMILES string of the molecule is CCOC(=O)Cc1ccc(N2C(=O)c3c(c(OCc4ccccc4)c4ccccc4c3OCc3ccccc3)C2=O)c(F)c1. The molecule has 0 aliphatic carbocycles. The maximum Gasteiger partial charge on any atom is 0.310 e. The van der Waals surface area contributed by atoms with Gasteiger partial charge in [-0.3, -0.25) is 14.4 Å². The molecule has 0 aromatic heterocycles. The number of nitrogens with zero attached hydrogens (tertiary/aromatic N) is 1. The van der Waals surface area contributed by atoms with Crippen molar-refractivity contribution in [2.24, 2.45) is 0 Å². The van der Waals surface area contributed by atoms with E-state index < -0.39 is 23.6 Å². The normalized spacial score (nSPS) is 12.4. The van der Waals surface area contributed by atoms with Gasteiger partial charge in [-0.2, -0.15) is 0 Å². The van der Waals surface area contributed by atoms with E-state index in [1.165, 1.54) is 12.1 Å². The monoisotopic (exact) mass is 589 g/mol. The number of halogens is 1. The average Bonchev–Trinajstić information content (AvgIpc) is 3.29. The van der Waals surface area contributed by atoms with Crippen molar-refractivity contribution in [2.45, 2.75) is 26.6 Å². The molecule has 0 saturated carbocycles. The Morgan fingerprint density at radius 1 is 0.682 bits per heavy atom. The summed E-state index contributed by atoms with van der Waals surface area (Å²) in [5.41, 5.74) is 1.85. The minimum atomic E-state index is -0.829. The molecule has 0 spiro atoms. The van der Waals surface area contributed by atoms with E-state index in [1.807, 2.05) is 72.8 Å². The van der Waals surface area contributed by atoms with Gasteiger partial charge in [0, 0.05) is 10.8 Å². The topological polar surface area (TPSA) is 82.1 Å². The molecule has 1 aliphatic rings. The second-order valence-corrected chi connectivity index (χ2v) is 10.2. The number of imide groups is 1. The van der Waals surface area contributed by atoms with Crippen LogP contribution in [0.5, 0.6) is 11.5 Å². The summed E-state index contributed by atoms with van der Waals surface area (Å²) in [5, 5.41) is 1.16. The Balaban J connectivity index is 1.46. The van der Waals surface area contributed by atoms with Gasteiger partial charge in [-0.1, -0.05) is 91.0 Å². The Labute approximate surface area is 253 Å². The highest BCUT2D eigenvalue weighted by atomic mass is 19.1. The summed E-state index contributed by atoms with van der Waals surface area (Å²) in [6.07, 6.45) is -0.145. The fraction of sp³-hybridized carbons (Fsp3) is 0.139. The number of rotatable bonds is 10. The number of esters is 1. The highest BCUT2D eigenvalue weighted by Crippen LogP contribution is 2.46. The summed E-state index contributed by atoms with van der Waals surface area (Å²) in [4.78, 5) is 41.0. The quantitative estimate of drug-likeness (QED) is 0.128. The third-order valence-corrected chi connectivity index (χ3v) is 7.31. The van der Waals surface area contributed by atoms with Gasteiger partial charge in [0.1, 0.15) is 30.5 Å². The van der Waals surface area contributed by atoms with Crippen LogP contribution in [-0.4, -0.2) is 24.4 Å². The lowest BCUT2D eigenvalue weighted by molar-refractivity contribution is -0.142. The molecule has 5 aromatic rings. The first-order valence-corrected chi connectivity index (χ1v) is 14.2. The van der Waals surface area contributed by atoms with Crippen LogP contribution < -0.4 is 14.4 Å². The van der Waals surface area contributed by atoms with Crippen molar-refractivity contribution in [3.63, 3.8) is 0 Å². The summed E-state index contributed by atoms with van der Waals surface area (Å²) < 4.78 is 33.1. The zero-order chi connectivity index (χ0) is 30.6. The summed E-state index contributed by atoms with van der Waals surface area (Å²) >= 11 is 0. The van der Waals surface area contributed by atoms with Crippen molar-refractivity contribution in [3.8, 4) is 11.5 Å². The van der Waals surface area contributed by atoms with Crippen LogP contribution in [0.3, 0.4) is 0 Å². The smallest absolute Gasteiger partial charge is 0.310 e. The van der Waals surface area contributed by atoms with E-state index in [0.717, 1.165) is 22.1 Å². The van der Waals surface area contributed by atoms with Crippen LogP contribution in [0, 0.1) is 5.82 Å². The maximum absolute atomic E-state index is 15.6. The van der Waals surface area contributed by atoms with Crippen molar-refractivity contribution in [1.82, 2.24) is 0 Å². The highest BCUT2D eigenvalue weighted by molar-refractivity contribution is 6.38. The fourth-order valence-electron chi connectivity index (χ4n) is 5.30. The molecular weight excluding hydrogens is 561 g/mol. The molecule has 0 fully saturated rings. The highest BCUT2D eigenvalue weighted by Gasteiger charge is 2.44. The number of anilines is 1. The Morgan fingerprint density at radius 2 is 1.18 bits per heavy atom. The van der Waals surface area contributed by atoms with Gasteiger partial charge in [-0.25, -0.2) is 9.29 Å². The molecule has 220 valence electrons. The molecule has 8 heteroatoms. The third-order valence-electron chi connectivity index (χ3n) is 7.31. The Hall–Kier alpha value is -5.50. The molecular formula is C36H28FNO6. The molecule has 0 N–H and O–H groups in total. The largest absolute Gasteiger partial charge is 0.487 e. The first-order valence-electron chi connectivity index (χ1n) is 14.2. The van der Waals surface area contributed by atoms with Crippen LogP contribution in [0.25, 0.3) is 10.8 Å². The van der Waals surface area contributed by atoms with Crippen molar-refractivity contribution >= 4 is 34.2 Å². The summed E-state index contributed by atoms with van der Waals surface area (Å²) in [6.45, 7) is 2.16. The molecule has 7 nitrogen and oxygen atoms in total. The van der Waals surface area contributed by atoms with Gasteiger partial charge in [-0.15, -0.1) is 0 Å². The van der Waals surface area contributed by atoms with E-state index in [2.05, 4.69) is 0 Å². The van der Waals surface area contributed by atoms with E-state index in [1.54, 1.807) is 19.1 Å². The molecule has 1 aliphatic heterocycles. The molecule has 1 heterocycles. The zero-order valence-corrected chi connectivity index (χ0v) is 23.9. The van der Waals surface area contributed by atoms with E-state index in [9.17, 15) is 14.4 Å². The molecule has 2 amide bonds. The van der Waals surface area contributed by atoms with Crippen LogP contribution in [-0.2, 0) is 29.2 Å². The first kappa shape index (κ1) is 28.6. The van der Waals surface area contributed by atoms with Crippen LogP contribution >= 0.6 is 0 Å². The third kappa shape index (κ3) is 5.49. The molecule has 0 bridgehead atoms. The molecule has 6 rings (SSSR count). The number of carbonyl (C=O) groups excluding carboxylic acids is 3. The number of hydrogen-bond donors (Lipinski definition) is 0. The predicted molar refractivity (Wildman–Crippen MR) is 163 cm³/mol. The van der Waals surface area contributed by atoms with Gasteiger partial charge in [0.25, 0.3) is 11.8 Å². The van der Waals surface area contributed by atoms with Crippen LogP contribution in [0.2, 0.25) is 0 Å². The molecule has 0 unspecified atom stereocenters. The van der Waals surface area contributed by atoms with Crippen molar-refractivity contribution in [3.05, 3.63) is 137 Å². The number of benzene rings is 5. The lowest BCUT2D eigenvalue weighted by Gasteiger charge is -2.17. The number of ether oxygens (including phenoxy) is 3. The minimum absolute atomic E-state index is 0.00249. The zero-order valence-electron chi connectivity index (χ0n) is 23.9. The maximum atomic E-state index is 15.6. The molecule has 0 atom stereocenters. The van der Waals surface area contributed by atoms with Crippen molar-refractivity contribution in [2.75, 3.05) is 11.5 Å². The summed E-state index contributed by atoms with van der Waals surface area (Å²) in [6, 6.07) is 30.1. The lowest BCUT2D eigenvalue weighted by Crippen LogP contribution is -2.30. The van der Waals surface area contributed by atoms with Gasteiger partial charge < -0.3 is 14.2 Å². The van der Waals surface area contributed by atoms with Gasteiger partial charge in [0.2, 0.25) is 0 Å². The second-order valence-electron chi connectivity index (χ2n) is 10.2. The average molecular weight is 590 g/mol. The first-order chi connectivity index (χ1) is 21.5. The summed E-state index contributed by atoms with van der Waals surface area (Å²) in [5.74, 6) is -2.38. The summed E-state index contributed by atoms with van der Waals surface area (Å²) in [7, 11) is 0. The fourth-order valence-corrected chi connectivity index (χ4v) is 5.30. The van der Waals surface area contributed by atoms with E-state index in [0.29, 0.717) is 16.3 Å². The standard InChI is InChI=1S/C36H28FNO6/c1-2-42-30(39)20-25-17-18-29(28(37)19-25)38-35(40)31-32(36(38)41)34(44-22-24-13-7-4-8-14-24)27-16-10-9-15-26(27)33(31)43-21-23-11-5-3-6-12-23/h3-19H,2,20-22H2,1H3. The van der Waals surface area contributed by atoms with E-state index in [-0.39, 0.29) is 54.6 Å². The Bertz CT molecular complexity index is 1770. The van der Waals surface area contributed by atoms with Crippen LogP contribution in [0.15, 0.2) is 103 Å². The van der Waals surface area contributed by atoms with E-state index >= 15 is 4.39 Å². The number of hydrogen-bond acceptors (Lipinski definition) is 6. The minimum Gasteiger partial charge on any atom is -0.487 e. The van der Waals surface area contributed by atoms with Crippen LogP contribution in [0.1, 0.15) is 44.3 Å². The lowest BCUT2D eigenvalue weighted by atomic mass is 9.98. The van der Waals surface area contributed by atoms with Gasteiger partial charge in [0.15, 0.2) is 0 Å².